The van der Waals surface area contributed by atoms with Crippen LogP contribution in [0.3, 0.4) is 0 Å². The van der Waals surface area contributed by atoms with Gasteiger partial charge >= 0.3 is 0 Å². The summed E-state index contributed by atoms with van der Waals surface area (Å²) < 4.78 is 13.0. The van der Waals surface area contributed by atoms with Gasteiger partial charge in [-0.25, -0.2) is 0 Å². The minimum absolute atomic E-state index is 0.0845. The Hall–Kier alpha value is -3.48. The van der Waals surface area contributed by atoms with Gasteiger partial charge in [0.1, 0.15) is 22.7 Å². The summed E-state index contributed by atoms with van der Waals surface area (Å²) in [7, 11) is 3.26. The molecule has 1 atom stereocenters. The molecule has 2 amide bonds. The van der Waals surface area contributed by atoms with Crippen LogP contribution in [0.2, 0.25) is 0 Å². The van der Waals surface area contributed by atoms with Crippen molar-refractivity contribution in [3.05, 3.63) is 59.8 Å². The summed E-state index contributed by atoms with van der Waals surface area (Å²) in [6.45, 7) is 2.70. The van der Waals surface area contributed by atoms with Crippen LogP contribution in [0.4, 0.5) is 0 Å². The van der Waals surface area contributed by atoms with Crippen molar-refractivity contribution in [2.45, 2.75) is 57.2 Å². The van der Waals surface area contributed by atoms with Gasteiger partial charge in [0, 0.05) is 23.5 Å². The minimum Gasteiger partial charge on any atom is -0.497 e. The molecule has 35 heavy (non-hydrogen) atoms. The number of amides is 2. The quantitative estimate of drug-likeness (QED) is 0.557. The number of carbonyl (C=O) groups is 2. The van der Waals surface area contributed by atoms with E-state index in [4.69, 9.17) is 9.47 Å². The summed E-state index contributed by atoms with van der Waals surface area (Å²) in [6.07, 6.45) is 4.79. The summed E-state index contributed by atoms with van der Waals surface area (Å²) in [5, 5.41) is 4.26. The zero-order valence-corrected chi connectivity index (χ0v) is 20.7. The smallest absolute Gasteiger partial charge is 0.271 e. The van der Waals surface area contributed by atoms with Crippen LogP contribution in [0.25, 0.3) is 10.9 Å². The van der Waals surface area contributed by atoms with Crippen LogP contribution < -0.4 is 14.8 Å². The molecule has 7 heteroatoms. The van der Waals surface area contributed by atoms with Gasteiger partial charge < -0.3 is 24.3 Å². The van der Waals surface area contributed by atoms with E-state index >= 15 is 0 Å². The molecule has 1 N–H and O–H groups in total. The maximum absolute atomic E-state index is 13.9. The Bertz CT molecular complexity index is 1260. The molecular formula is C28H33N3O4. The fourth-order valence-electron chi connectivity index (χ4n) is 5.58. The minimum atomic E-state index is -1.01. The summed E-state index contributed by atoms with van der Waals surface area (Å²) in [5.41, 5.74) is 1.52. The Kier molecular flexibility index (Phi) is 6.17. The van der Waals surface area contributed by atoms with Gasteiger partial charge in [0.25, 0.3) is 5.91 Å². The molecule has 1 saturated carbocycles. The monoisotopic (exact) mass is 475 g/mol. The molecule has 1 aromatic heterocycles. The van der Waals surface area contributed by atoms with Gasteiger partial charge in [0.2, 0.25) is 5.91 Å². The molecule has 2 aliphatic rings. The summed E-state index contributed by atoms with van der Waals surface area (Å²) in [6, 6.07) is 15.7. The summed E-state index contributed by atoms with van der Waals surface area (Å²) >= 11 is 0. The predicted molar refractivity (Wildman–Crippen MR) is 135 cm³/mol. The fraction of sp³-hybridized carbons (Fsp3) is 0.429. The first-order chi connectivity index (χ1) is 16.9. The van der Waals surface area contributed by atoms with E-state index < -0.39 is 5.54 Å². The highest BCUT2D eigenvalue weighted by Gasteiger charge is 2.48. The van der Waals surface area contributed by atoms with Crippen LogP contribution in [-0.4, -0.2) is 53.6 Å². The number of rotatable bonds is 7. The molecular weight excluding hydrogens is 442 g/mol. The highest BCUT2D eigenvalue weighted by molar-refractivity contribution is 6.03. The molecule has 7 nitrogen and oxygen atoms in total. The third-order valence-electron chi connectivity index (χ3n) is 7.61. The molecule has 0 bridgehead atoms. The van der Waals surface area contributed by atoms with Gasteiger partial charge in [-0.3, -0.25) is 9.59 Å². The highest BCUT2D eigenvalue weighted by Crippen LogP contribution is 2.34. The normalized spacial score (nSPS) is 20.2. The average molecular weight is 476 g/mol. The predicted octanol–water partition coefficient (Wildman–Crippen LogP) is 4.17. The maximum atomic E-state index is 13.9. The largest absolute Gasteiger partial charge is 0.497 e. The number of fused-ring (bicyclic) bond motifs is 3. The van der Waals surface area contributed by atoms with E-state index in [1.54, 1.807) is 19.1 Å². The molecule has 0 saturated heterocycles. The van der Waals surface area contributed by atoms with E-state index in [9.17, 15) is 9.59 Å². The van der Waals surface area contributed by atoms with E-state index in [0.717, 1.165) is 53.6 Å². The summed E-state index contributed by atoms with van der Waals surface area (Å²) in [5.74, 6) is 1.26. The molecule has 1 fully saturated rings. The molecule has 1 aliphatic carbocycles. The van der Waals surface area contributed by atoms with E-state index in [0.29, 0.717) is 25.2 Å². The van der Waals surface area contributed by atoms with Gasteiger partial charge in [-0.1, -0.05) is 31.0 Å². The zero-order chi connectivity index (χ0) is 24.6. The Labute approximate surface area is 206 Å². The van der Waals surface area contributed by atoms with Crippen molar-refractivity contribution in [1.82, 2.24) is 14.8 Å². The lowest BCUT2D eigenvalue weighted by molar-refractivity contribution is -0.133. The SMILES string of the molecule is COc1ccc(OC)c(CCN2C(=O)c3cc4ccccc4n3CC2(C)C(=O)NC2CCCC2)c1. The first kappa shape index (κ1) is 23.3. The highest BCUT2D eigenvalue weighted by atomic mass is 16.5. The van der Waals surface area contributed by atoms with Crippen LogP contribution >= 0.6 is 0 Å². The van der Waals surface area contributed by atoms with Crippen molar-refractivity contribution < 1.29 is 19.1 Å². The number of hydrogen-bond donors (Lipinski definition) is 1. The molecule has 1 unspecified atom stereocenters. The molecule has 184 valence electrons. The van der Waals surface area contributed by atoms with E-state index in [-0.39, 0.29) is 17.9 Å². The van der Waals surface area contributed by atoms with Gasteiger partial charge in [0.15, 0.2) is 0 Å². The second-order valence-electron chi connectivity index (χ2n) is 9.79. The molecule has 5 rings (SSSR count). The van der Waals surface area contributed by atoms with Crippen molar-refractivity contribution >= 4 is 22.7 Å². The number of carbonyl (C=O) groups excluding carboxylic acids is 2. The number of para-hydroxylation sites is 1. The molecule has 3 aromatic rings. The van der Waals surface area contributed by atoms with Crippen LogP contribution in [0.15, 0.2) is 48.5 Å². The molecule has 1 aliphatic heterocycles. The Morgan fingerprint density at radius 2 is 1.86 bits per heavy atom. The lowest BCUT2D eigenvalue weighted by Crippen LogP contribution is -2.65. The van der Waals surface area contributed by atoms with Crippen molar-refractivity contribution in [2.75, 3.05) is 20.8 Å². The Balaban J connectivity index is 1.51. The first-order valence-electron chi connectivity index (χ1n) is 12.4. The number of aromatic nitrogens is 1. The third-order valence-corrected chi connectivity index (χ3v) is 7.61. The van der Waals surface area contributed by atoms with Gasteiger partial charge in [0.05, 0.1) is 20.8 Å². The van der Waals surface area contributed by atoms with Crippen molar-refractivity contribution in [1.29, 1.82) is 0 Å². The average Bonchev–Trinajstić information content (AvgIpc) is 3.51. The van der Waals surface area contributed by atoms with Gasteiger partial charge in [-0.2, -0.15) is 0 Å². The Morgan fingerprint density at radius 1 is 1.09 bits per heavy atom. The number of nitrogens with zero attached hydrogens (tertiary/aromatic N) is 2. The number of ether oxygens (including phenoxy) is 2. The number of hydrogen-bond acceptors (Lipinski definition) is 4. The van der Waals surface area contributed by atoms with E-state index in [2.05, 4.69) is 5.32 Å². The topological polar surface area (TPSA) is 72.8 Å². The Morgan fingerprint density at radius 3 is 2.60 bits per heavy atom. The van der Waals surface area contributed by atoms with E-state index in [1.165, 1.54) is 0 Å². The van der Waals surface area contributed by atoms with Crippen LogP contribution in [-0.2, 0) is 17.8 Å². The van der Waals surface area contributed by atoms with Crippen LogP contribution in [0.5, 0.6) is 11.5 Å². The van der Waals surface area contributed by atoms with Crippen molar-refractivity contribution in [3.8, 4) is 11.5 Å². The lowest BCUT2D eigenvalue weighted by Gasteiger charge is -2.44. The zero-order valence-electron chi connectivity index (χ0n) is 20.7. The van der Waals surface area contributed by atoms with Gasteiger partial charge in [-0.05, 0) is 62.1 Å². The molecule has 2 aromatic carbocycles. The van der Waals surface area contributed by atoms with E-state index in [1.807, 2.05) is 60.0 Å². The standard InChI is InChI=1S/C28H33N3O4/c1-28(27(33)29-21-9-5-6-10-21)18-30-23-11-7-4-8-19(23)17-24(30)26(32)31(28)15-14-20-16-22(34-2)12-13-25(20)35-3/h4,7-8,11-13,16-17,21H,5-6,9-10,14-15,18H2,1-3H3,(H,29,33). The summed E-state index contributed by atoms with van der Waals surface area (Å²) in [4.78, 5) is 29.4. The molecule has 0 radical (unpaired) electrons. The first-order valence-corrected chi connectivity index (χ1v) is 12.4. The molecule has 0 spiro atoms. The van der Waals surface area contributed by atoms with Crippen LogP contribution in [0.1, 0.15) is 48.7 Å². The number of nitrogens with one attached hydrogen (secondary N) is 1. The van der Waals surface area contributed by atoms with Crippen molar-refractivity contribution in [2.24, 2.45) is 0 Å². The lowest BCUT2D eigenvalue weighted by atomic mass is 9.93. The van der Waals surface area contributed by atoms with Crippen LogP contribution in [0, 0.1) is 0 Å². The van der Waals surface area contributed by atoms with Crippen molar-refractivity contribution in [3.63, 3.8) is 0 Å². The number of benzene rings is 2. The maximum Gasteiger partial charge on any atom is 0.271 e. The third kappa shape index (κ3) is 4.13. The molecule has 2 heterocycles. The number of methoxy groups -OCH3 is 2. The van der Waals surface area contributed by atoms with Gasteiger partial charge in [-0.15, -0.1) is 0 Å². The second kappa shape index (κ2) is 9.29. The second-order valence-corrected chi connectivity index (χ2v) is 9.79. The fourth-order valence-corrected chi connectivity index (χ4v) is 5.58.